The van der Waals surface area contributed by atoms with E-state index in [0.29, 0.717) is 11.8 Å². The number of aryl methyl sites for hydroxylation is 2. The minimum Gasteiger partial charge on any atom is -0.346 e. The van der Waals surface area contributed by atoms with Crippen molar-refractivity contribution in [2.75, 3.05) is 0 Å². The first-order valence-corrected chi connectivity index (χ1v) is 8.67. The molecule has 22 heavy (non-hydrogen) atoms. The monoisotopic (exact) mass is 303 g/mol. The third-order valence-corrected chi connectivity index (χ3v) is 5.83. The molecule has 0 radical (unpaired) electrons. The highest BCUT2D eigenvalue weighted by Gasteiger charge is 2.49. The highest BCUT2D eigenvalue weighted by atomic mass is 16.2. The molecule has 3 aliphatic rings. The fourth-order valence-electron chi connectivity index (χ4n) is 4.68. The lowest BCUT2D eigenvalue weighted by Crippen LogP contribution is -2.46. The lowest BCUT2D eigenvalue weighted by molar-refractivity contribution is -0.128. The highest BCUT2D eigenvalue weighted by Crippen LogP contribution is 2.47. The molecule has 0 spiro atoms. The molecule has 5 unspecified atom stereocenters. The maximum atomic E-state index is 12.8. The summed E-state index contributed by atoms with van der Waals surface area (Å²) in [6.45, 7) is 2.96. The first-order chi connectivity index (χ1) is 10.7. The molecule has 2 bridgehead atoms. The zero-order valence-electron chi connectivity index (χ0n) is 13.2. The van der Waals surface area contributed by atoms with E-state index in [1.165, 1.54) is 6.42 Å². The van der Waals surface area contributed by atoms with Gasteiger partial charge in [0.1, 0.15) is 5.82 Å². The van der Waals surface area contributed by atoms with Crippen LogP contribution in [-0.4, -0.2) is 26.7 Å². The van der Waals surface area contributed by atoms with E-state index in [0.717, 1.165) is 50.3 Å². The van der Waals surface area contributed by atoms with Gasteiger partial charge in [-0.2, -0.15) is 5.10 Å². The molecule has 2 saturated carbocycles. The molecular formula is C16H25N5O. The van der Waals surface area contributed by atoms with Crippen LogP contribution in [0, 0.1) is 17.8 Å². The lowest BCUT2D eigenvalue weighted by atomic mass is 9.84. The highest BCUT2D eigenvalue weighted by molar-refractivity contribution is 5.80. The standard InChI is InChI=1S/C16H25N5O/c1-2-12-19-15-11(4-3-7-21(15)20-12)18-16(22)13-9-5-6-10(8-9)14(13)17/h9-11,13-14H,2-8,17H2,1H3,(H,18,22). The first-order valence-electron chi connectivity index (χ1n) is 8.67. The Balaban J connectivity index is 1.50. The smallest absolute Gasteiger partial charge is 0.225 e. The number of aromatic nitrogens is 3. The molecule has 3 N–H and O–H groups in total. The average molecular weight is 303 g/mol. The Morgan fingerprint density at radius 3 is 2.91 bits per heavy atom. The van der Waals surface area contributed by atoms with Crippen molar-refractivity contribution in [2.24, 2.45) is 23.5 Å². The number of carbonyl (C=O) groups is 1. The second-order valence-electron chi connectivity index (χ2n) is 7.10. The minimum absolute atomic E-state index is 0.000349. The Morgan fingerprint density at radius 1 is 1.36 bits per heavy atom. The third kappa shape index (κ3) is 2.16. The molecule has 1 aliphatic heterocycles. The summed E-state index contributed by atoms with van der Waals surface area (Å²) in [7, 11) is 0. The van der Waals surface area contributed by atoms with Crippen LogP contribution in [0.25, 0.3) is 0 Å². The summed E-state index contributed by atoms with van der Waals surface area (Å²) in [5.41, 5.74) is 6.30. The second-order valence-corrected chi connectivity index (χ2v) is 7.10. The van der Waals surface area contributed by atoms with Crippen LogP contribution < -0.4 is 11.1 Å². The SMILES string of the molecule is CCc1nc2n(n1)CCCC2NC(=O)C1C2CCC(C2)C1N. The summed E-state index contributed by atoms with van der Waals surface area (Å²) >= 11 is 0. The van der Waals surface area contributed by atoms with E-state index in [9.17, 15) is 4.79 Å². The summed E-state index contributed by atoms with van der Waals surface area (Å²) in [4.78, 5) is 17.4. The molecule has 5 atom stereocenters. The van der Waals surface area contributed by atoms with Gasteiger partial charge in [-0.1, -0.05) is 6.92 Å². The molecule has 120 valence electrons. The quantitative estimate of drug-likeness (QED) is 0.877. The number of carbonyl (C=O) groups excluding carboxylic acids is 1. The van der Waals surface area contributed by atoms with Crippen molar-refractivity contribution in [3.8, 4) is 0 Å². The van der Waals surface area contributed by atoms with Gasteiger partial charge in [0.25, 0.3) is 0 Å². The van der Waals surface area contributed by atoms with Crippen molar-refractivity contribution in [1.82, 2.24) is 20.1 Å². The van der Waals surface area contributed by atoms with Gasteiger partial charge in [-0.25, -0.2) is 9.67 Å². The van der Waals surface area contributed by atoms with Gasteiger partial charge in [0.2, 0.25) is 5.91 Å². The zero-order chi connectivity index (χ0) is 15.3. The molecule has 2 heterocycles. The number of fused-ring (bicyclic) bond motifs is 3. The Hall–Kier alpha value is -1.43. The fourth-order valence-corrected chi connectivity index (χ4v) is 4.68. The molecule has 1 aromatic heterocycles. The summed E-state index contributed by atoms with van der Waals surface area (Å²) in [5.74, 6) is 2.98. The Kier molecular flexibility index (Phi) is 3.44. The number of nitrogens with zero attached hydrogens (tertiary/aromatic N) is 3. The summed E-state index contributed by atoms with van der Waals surface area (Å²) < 4.78 is 1.97. The van der Waals surface area contributed by atoms with Crippen molar-refractivity contribution in [3.05, 3.63) is 11.6 Å². The van der Waals surface area contributed by atoms with E-state index in [1.807, 2.05) is 4.68 Å². The summed E-state index contributed by atoms with van der Waals surface area (Å²) in [6.07, 6.45) is 6.32. The van der Waals surface area contributed by atoms with Crippen molar-refractivity contribution < 1.29 is 4.79 Å². The number of nitrogens with two attached hydrogens (primary N) is 1. The van der Waals surface area contributed by atoms with E-state index < -0.39 is 0 Å². The van der Waals surface area contributed by atoms with Crippen LogP contribution in [0.15, 0.2) is 0 Å². The van der Waals surface area contributed by atoms with Gasteiger partial charge in [0.05, 0.1) is 12.0 Å². The van der Waals surface area contributed by atoms with E-state index in [2.05, 4.69) is 22.3 Å². The van der Waals surface area contributed by atoms with E-state index in [1.54, 1.807) is 0 Å². The number of hydrogen-bond donors (Lipinski definition) is 2. The van der Waals surface area contributed by atoms with Crippen LogP contribution in [0.1, 0.15) is 56.7 Å². The largest absolute Gasteiger partial charge is 0.346 e. The number of nitrogens with one attached hydrogen (secondary N) is 1. The van der Waals surface area contributed by atoms with Crippen molar-refractivity contribution >= 4 is 5.91 Å². The maximum absolute atomic E-state index is 12.8. The van der Waals surface area contributed by atoms with Crippen LogP contribution in [0.3, 0.4) is 0 Å². The minimum atomic E-state index is 0.000349. The topological polar surface area (TPSA) is 85.8 Å². The van der Waals surface area contributed by atoms with Crippen molar-refractivity contribution in [3.63, 3.8) is 0 Å². The molecule has 2 aliphatic carbocycles. The average Bonchev–Trinajstić information content (AvgIpc) is 3.20. The molecule has 2 fully saturated rings. The third-order valence-electron chi connectivity index (χ3n) is 5.83. The molecular weight excluding hydrogens is 278 g/mol. The normalized spacial score (nSPS) is 36.4. The summed E-state index contributed by atoms with van der Waals surface area (Å²) in [6, 6.07) is 0.0480. The first kappa shape index (κ1) is 14.2. The van der Waals surface area contributed by atoms with Gasteiger partial charge in [-0.05, 0) is 43.9 Å². The Morgan fingerprint density at radius 2 is 2.18 bits per heavy atom. The summed E-state index contributed by atoms with van der Waals surface area (Å²) in [5, 5.41) is 7.73. The van der Waals surface area contributed by atoms with Crippen LogP contribution in [0.2, 0.25) is 0 Å². The van der Waals surface area contributed by atoms with Crippen molar-refractivity contribution in [1.29, 1.82) is 0 Å². The van der Waals surface area contributed by atoms with E-state index >= 15 is 0 Å². The van der Waals surface area contributed by atoms with E-state index in [-0.39, 0.29) is 23.9 Å². The molecule has 1 amide bonds. The molecule has 6 nitrogen and oxygen atoms in total. The number of amides is 1. The van der Waals surface area contributed by atoms with Crippen LogP contribution in [0.5, 0.6) is 0 Å². The van der Waals surface area contributed by atoms with Crippen molar-refractivity contribution in [2.45, 2.75) is 64.1 Å². The van der Waals surface area contributed by atoms with Gasteiger partial charge in [-0.15, -0.1) is 0 Å². The Bertz CT molecular complexity index is 581. The van der Waals surface area contributed by atoms with Gasteiger partial charge >= 0.3 is 0 Å². The maximum Gasteiger partial charge on any atom is 0.225 e. The number of rotatable bonds is 3. The molecule has 4 rings (SSSR count). The molecule has 6 heteroatoms. The number of hydrogen-bond acceptors (Lipinski definition) is 4. The predicted molar refractivity (Wildman–Crippen MR) is 81.8 cm³/mol. The predicted octanol–water partition coefficient (Wildman–Crippen LogP) is 1.16. The molecule has 0 saturated heterocycles. The zero-order valence-corrected chi connectivity index (χ0v) is 13.2. The van der Waals surface area contributed by atoms with Crippen LogP contribution >= 0.6 is 0 Å². The van der Waals surface area contributed by atoms with E-state index in [4.69, 9.17) is 5.73 Å². The molecule has 1 aromatic rings. The van der Waals surface area contributed by atoms with Crippen LogP contribution in [-0.2, 0) is 17.8 Å². The fraction of sp³-hybridized carbons (Fsp3) is 0.812. The second kappa shape index (κ2) is 5.33. The van der Waals surface area contributed by atoms with Crippen LogP contribution in [0.4, 0.5) is 0 Å². The Labute approximate surface area is 130 Å². The van der Waals surface area contributed by atoms with Gasteiger partial charge in [0.15, 0.2) is 5.82 Å². The van der Waals surface area contributed by atoms with Gasteiger partial charge < -0.3 is 11.1 Å². The lowest BCUT2D eigenvalue weighted by Gasteiger charge is -2.30. The van der Waals surface area contributed by atoms with Gasteiger partial charge in [0, 0.05) is 19.0 Å². The van der Waals surface area contributed by atoms with Gasteiger partial charge in [-0.3, -0.25) is 4.79 Å². The molecule has 0 aromatic carbocycles.